The Morgan fingerprint density at radius 2 is 1.90 bits per heavy atom. The molecule has 0 spiro atoms. The van der Waals surface area contributed by atoms with E-state index < -0.39 is 5.97 Å². The van der Waals surface area contributed by atoms with Gasteiger partial charge >= 0.3 is 5.97 Å². The molecule has 0 amide bonds. The number of carboxylic acid groups (broad SMARTS) is 1. The zero-order chi connectivity index (χ0) is 15.4. The topological polar surface area (TPSA) is 46.5 Å². The van der Waals surface area contributed by atoms with E-state index in [0.29, 0.717) is 21.5 Å². The molecule has 0 aliphatic carbocycles. The van der Waals surface area contributed by atoms with Crippen molar-refractivity contribution < 1.29 is 19.0 Å². The molecule has 0 atom stereocenters. The molecule has 0 saturated heterocycles. The van der Waals surface area contributed by atoms with Crippen LogP contribution in [0.5, 0.6) is 11.5 Å². The summed E-state index contributed by atoms with van der Waals surface area (Å²) in [5.41, 5.74) is 1.23. The largest absolute Gasteiger partial charge is 0.478 e. The van der Waals surface area contributed by atoms with Gasteiger partial charge in [0.25, 0.3) is 0 Å². The number of benzene rings is 2. The number of halogens is 2. The summed E-state index contributed by atoms with van der Waals surface area (Å²) in [7, 11) is 0. The third-order valence-corrected chi connectivity index (χ3v) is 3.43. The highest BCUT2D eigenvalue weighted by Gasteiger charge is 2.04. The lowest BCUT2D eigenvalue weighted by atomic mass is 10.2. The standard InChI is InChI=1S/C16H12BrFO3/c1-10-8-12(5-6-15(10)18)21-13-4-2-11(14(17)9-13)3-7-16(19)20/h2-9H,1H3,(H,19,20)/b7-3+. The summed E-state index contributed by atoms with van der Waals surface area (Å²) in [5, 5.41) is 8.61. The maximum Gasteiger partial charge on any atom is 0.328 e. The van der Waals surface area contributed by atoms with Crippen LogP contribution in [-0.4, -0.2) is 11.1 Å². The molecule has 0 fully saturated rings. The fourth-order valence-electron chi connectivity index (χ4n) is 1.68. The van der Waals surface area contributed by atoms with Gasteiger partial charge in [0.1, 0.15) is 17.3 Å². The van der Waals surface area contributed by atoms with Crippen molar-refractivity contribution in [3.05, 3.63) is 63.9 Å². The molecule has 0 unspecified atom stereocenters. The van der Waals surface area contributed by atoms with Gasteiger partial charge in [-0.1, -0.05) is 22.0 Å². The summed E-state index contributed by atoms with van der Waals surface area (Å²) in [6.07, 6.45) is 2.54. The van der Waals surface area contributed by atoms with Gasteiger partial charge in [0.15, 0.2) is 0 Å². The van der Waals surface area contributed by atoms with Gasteiger partial charge in [-0.05, 0) is 54.5 Å². The predicted octanol–water partition coefficient (Wildman–Crippen LogP) is 4.79. The molecule has 1 N–H and O–H groups in total. The van der Waals surface area contributed by atoms with E-state index in [1.807, 2.05) is 0 Å². The molecule has 2 aromatic rings. The SMILES string of the molecule is Cc1cc(Oc2ccc(/C=C/C(=O)O)c(Br)c2)ccc1F. The second-order valence-corrected chi connectivity index (χ2v) is 5.22. The molecule has 21 heavy (non-hydrogen) atoms. The van der Waals surface area contributed by atoms with E-state index in [1.165, 1.54) is 12.1 Å². The van der Waals surface area contributed by atoms with E-state index in [9.17, 15) is 9.18 Å². The average Bonchev–Trinajstić information content (AvgIpc) is 2.42. The molecule has 2 aromatic carbocycles. The fraction of sp³-hybridized carbons (Fsp3) is 0.0625. The number of ether oxygens (including phenoxy) is 1. The Morgan fingerprint density at radius 3 is 2.52 bits per heavy atom. The third-order valence-electron chi connectivity index (χ3n) is 2.74. The molecule has 2 rings (SSSR count). The molecule has 0 aromatic heterocycles. The van der Waals surface area contributed by atoms with Crippen LogP contribution >= 0.6 is 15.9 Å². The molecular weight excluding hydrogens is 339 g/mol. The van der Waals surface area contributed by atoms with Crippen LogP contribution in [0.1, 0.15) is 11.1 Å². The molecular formula is C16H12BrFO3. The first-order valence-electron chi connectivity index (χ1n) is 6.10. The molecule has 0 radical (unpaired) electrons. The Balaban J connectivity index is 2.20. The molecule has 3 nitrogen and oxygen atoms in total. The second kappa shape index (κ2) is 6.54. The number of hydrogen-bond donors (Lipinski definition) is 1. The van der Waals surface area contributed by atoms with Crippen LogP contribution in [-0.2, 0) is 4.79 Å². The molecule has 0 aliphatic rings. The zero-order valence-electron chi connectivity index (χ0n) is 11.1. The minimum atomic E-state index is -1.01. The monoisotopic (exact) mass is 350 g/mol. The first-order chi connectivity index (χ1) is 9.95. The van der Waals surface area contributed by atoms with Gasteiger partial charge in [-0.3, -0.25) is 0 Å². The van der Waals surface area contributed by atoms with Crippen LogP contribution in [0.15, 0.2) is 46.9 Å². The van der Waals surface area contributed by atoms with E-state index >= 15 is 0 Å². The molecule has 5 heteroatoms. The second-order valence-electron chi connectivity index (χ2n) is 4.37. The van der Waals surface area contributed by atoms with Gasteiger partial charge in [0, 0.05) is 10.5 Å². The van der Waals surface area contributed by atoms with Gasteiger partial charge in [0.05, 0.1) is 0 Å². The van der Waals surface area contributed by atoms with E-state index in [1.54, 1.807) is 37.3 Å². The molecule has 0 aliphatic heterocycles. The number of aliphatic carboxylic acids is 1. The third kappa shape index (κ3) is 4.16. The normalized spacial score (nSPS) is 10.8. The Bertz CT molecular complexity index is 711. The minimum Gasteiger partial charge on any atom is -0.478 e. The molecule has 0 heterocycles. The van der Waals surface area contributed by atoms with E-state index in [4.69, 9.17) is 9.84 Å². The molecule has 0 saturated carbocycles. The van der Waals surface area contributed by atoms with Gasteiger partial charge in [-0.15, -0.1) is 0 Å². The minimum absolute atomic E-state index is 0.280. The number of carbonyl (C=O) groups is 1. The van der Waals surface area contributed by atoms with Crippen LogP contribution in [0.25, 0.3) is 6.08 Å². The van der Waals surface area contributed by atoms with Gasteiger partial charge in [0.2, 0.25) is 0 Å². The van der Waals surface area contributed by atoms with Crippen LogP contribution in [0.4, 0.5) is 4.39 Å². The van der Waals surface area contributed by atoms with Crippen molar-refractivity contribution in [1.29, 1.82) is 0 Å². The Hall–Kier alpha value is -2.14. The summed E-state index contributed by atoms with van der Waals surface area (Å²) in [6.45, 7) is 1.66. The highest BCUT2D eigenvalue weighted by atomic mass is 79.9. The van der Waals surface area contributed by atoms with Crippen molar-refractivity contribution in [2.24, 2.45) is 0 Å². The highest BCUT2D eigenvalue weighted by Crippen LogP contribution is 2.28. The maximum absolute atomic E-state index is 13.2. The lowest BCUT2D eigenvalue weighted by molar-refractivity contribution is -0.131. The van der Waals surface area contributed by atoms with Crippen molar-refractivity contribution in [3.8, 4) is 11.5 Å². The first-order valence-corrected chi connectivity index (χ1v) is 6.89. The van der Waals surface area contributed by atoms with Gasteiger partial charge in [-0.2, -0.15) is 0 Å². The Labute approximate surface area is 129 Å². The van der Waals surface area contributed by atoms with Gasteiger partial charge in [-0.25, -0.2) is 9.18 Å². The summed E-state index contributed by atoms with van der Waals surface area (Å²) < 4.78 is 19.5. The lowest BCUT2D eigenvalue weighted by Crippen LogP contribution is -1.89. The van der Waals surface area contributed by atoms with Crippen molar-refractivity contribution >= 4 is 28.0 Å². The average molecular weight is 351 g/mol. The number of hydrogen-bond acceptors (Lipinski definition) is 2. The summed E-state index contributed by atoms with van der Waals surface area (Å²) in [6, 6.07) is 9.68. The fourth-order valence-corrected chi connectivity index (χ4v) is 2.17. The Morgan fingerprint density at radius 1 is 1.24 bits per heavy atom. The predicted molar refractivity (Wildman–Crippen MR) is 82.0 cm³/mol. The summed E-state index contributed by atoms with van der Waals surface area (Å²) in [5.74, 6) is -0.184. The van der Waals surface area contributed by atoms with Crippen LogP contribution in [0.3, 0.4) is 0 Å². The Kier molecular flexibility index (Phi) is 4.75. The highest BCUT2D eigenvalue weighted by molar-refractivity contribution is 9.10. The van der Waals surface area contributed by atoms with Crippen molar-refractivity contribution in [2.75, 3.05) is 0 Å². The van der Waals surface area contributed by atoms with E-state index in [0.717, 1.165) is 11.6 Å². The van der Waals surface area contributed by atoms with Crippen LogP contribution < -0.4 is 4.74 Å². The van der Waals surface area contributed by atoms with Crippen molar-refractivity contribution in [2.45, 2.75) is 6.92 Å². The molecule has 108 valence electrons. The van der Waals surface area contributed by atoms with Crippen LogP contribution in [0.2, 0.25) is 0 Å². The van der Waals surface area contributed by atoms with E-state index in [-0.39, 0.29) is 5.82 Å². The number of aryl methyl sites for hydroxylation is 1. The van der Waals surface area contributed by atoms with Crippen molar-refractivity contribution in [3.63, 3.8) is 0 Å². The van der Waals surface area contributed by atoms with E-state index in [2.05, 4.69) is 15.9 Å². The van der Waals surface area contributed by atoms with Crippen LogP contribution in [0, 0.1) is 12.7 Å². The number of carboxylic acids is 1. The number of rotatable bonds is 4. The van der Waals surface area contributed by atoms with Gasteiger partial charge < -0.3 is 9.84 Å². The first kappa shape index (κ1) is 15.3. The lowest BCUT2D eigenvalue weighted by Gasteiger charge is -2.08. The smallest absolute Gasteiger partial charge is 0.328 e. The zero-order valence-corrected chi connectivity index (χ0v) is 12.7. The van der Waals surface area contributed by atoms with Crippen molar-refractivity contribution in [1.82, 2.24) is 0 Å². The maximum atomic E-state index is 13.2. The summed E-state index contributed by atoms with van der Waals surface area (Å²) >= 11 is 3.35. The quantitative estimate of drug-likeness (QED) is 0.806. The summed E-state index contributed by atoms with van der Waals surface area (Å²) in [4.78, 5) is 10.5. The molecule has 0 bridgehead atoms.